The molecule has 2 rings (SSSR count). The third-order valence-corrected chi connectivity index (χ3v) is 3.14. The molecule has 4 heteroatoms. The zero-order valence-corrected chi connectivity index (χ0v) is 9.75. The van der Waals surface area contributed by atoms with Gasteiger partial charge in [0.1, 0.15) is 0 Å². The largest absolute Gasteiger partial charge is 0.369 e. The van der Waals surface area contributed by atoms with E-state index in [2.05, 4.69) is 46.8 Å². The van der Waals surface area contributed by atoms with Crippen LogP contribution in [0.1, 0.15) is 5.56 Å². The van der Waals surface area contributed by atoms with Crippen LogP contribution in [0.4, 0.5) is 5.69 Å². The Balaban J connectivity index is 1.99. The van der Waals surface area contributed by atoms with Crippen molar-refractivity contribution in [3.05, 3.63) is 29.8 Å². The maximum atomic E-state index is 7.49. The van der Waals surface area contributed by atoms with Gasteiger partial charge in [-0.15, -0.1) is 0 Å². The van der Waals surface area contributed by atoms with Crippen LogP contribution in [-0.2, 0) is 6.42 Å². The highest BCUT2D eigenvalue weighted by Gasteiger charge is 2.25. The van der Waals surface area contributed by atoms with Crippen LogP contribution in [0.15, 0.2) is 24.3 Å². The fourth-order valence-corrected chi connectivity index (χ4v) is 2.13. The lowest BCUT2D eigenvalue weighted by Gasteiger charge is -2.23. The first kappa shape index (κ1) is 10.8. The van der Waals surface area contributed by atoms with E-state index in [4.69, 9.17) is 5.41 Å². The van der Waals surface area contributed by atoms with Crippen LogP contribution in [0, 0.1) is 5.41 Å². The molecule has 3 N–H and O–H groups in total. The van der Waals surface area contributed by atoms with Crippen LogP contribution >= 0.6 is 0 Å². The third kappa shape index (κ3) is 1.96. The van der Waals surface area contributed by atoms with E-state index in [0.29, 0.717) is 12.0 Å². The molecule has 0 saturated carbocycles. The summed E-state index contributed by atoms with van der Waals surface area (Å²) < 4.78 is 0. The van der Waals surface area contributed by atoms with Gasteiger partial charge in [0.2, 0.25) is 0 Å². The number of benzene rings is 1. The van der Waals surface area contributed by atoms with Gasteiger partial charge in [0, 0.05) is 26.3 Å². The molecule has 1 aliphatic rings. The molecule has 16 heavy (non-hydrogen) atoms. The van der Waals surface area contributed by atoms with Gasteiger partial charge in [-0.3, -0.25) is 5.41 Å². The lowest BCUT2D eigenvalue weighted by Crippen LogP contribution is -2.43. The first-order valence-corrected chi connectivity index (χ1v) is 5.53. The summed E-state index contributed by atoms with van der Waals surface area (Å²) in [5.74, 6) is 0.379. The standard InChI is InChI=1S/C12H18N4/c1-14-12(13)15-8-10-7-9-5-3-4-6-11(9)16(10)2/h3-6,10H,7-8H2,1-2H3,(H3,13,14,15). The summed E-state index contributed by atoms with van der Waals surface area (Å²) in [7, 11) is 3.86. The summed E-state index contributed by atoms with van der Waals surface area (Å²) in [5, 5.41) is 13.3. The average molecular weight is 218 g/mol. The Hall–Kier alpha value is -1.71. The highest BCUT2D eigenvalue weighted by Crippen LogP contribution is 2.29. The quantitative estimate of drug-likeness (QED) is 0.508. The van der Waals surface area contributed by atoms with Gasteiger partial charge in [-0.25, -0.2) is 0 Å². The number of anilines is 1. The molecule has 1 unspecified atom stereocenters. The zero-order chi connectivity index (χ0) is 11.5. The topological polar surface area (TPSA) is 51.2 Å². The van der Waals surface area contributed by atoms with E-state index in [1.807, 2.05) is 0 Å². The minimum absolute atomic E-state index is 0.379. The molecular weight excluding hydrogens is 200 g/mol. The molecule has 86 valence electrons. The molecule has 1 aromatic carbocycles. The Morgan fingerprint density at radius 2 is 2.25 bits per heavy atom. The number of nitrogens with zero attached hydrogens (tertiary/aromatic N) is 1. The van der Waals surface area contributed by atoms with Crippen LogP contribution in [0.25, 0.3) is 0 Å². The SMILES string of the molecule is CNC(=N)NCC1Cc2ccccc2N1C. The summed E-state index contributed by atoms with van der Waals surface area (Å²) in [5.41, 5.74) is 2.71. The Kier molecular flexibility index (Phi) is 2.99. The van der Waals surface area contributed by atoms with E-state index in [-0.39, 0.29) is 0 Å². The summed E-state index contributed by atoms with van der Waals surface area (Å²) in [6.45, 7) is 0.796. The molecule has 0 aliphatic carbocycles. The number of fused-ring (bicyclic) bond motifs is 1. The molecule has 0 spiro atoms. The maximum absolute atomic E-state index is 7.49. The predicted octanol–water partition coefficient (Wildman–Crippen LogP) is 0.791. The van der Waals surface area contributed by atoms with Crippen LogP contribution < -0.4 is 15.5 Å². The van der Waals surface area contributed by atoms with E-state index in [1.165, 1.54) is 11.3 Å². The lowest BCUT2D eigenvalue weighted by molar-refractivity contribution is 0.634. The number of nitrogens with one attached hydrogen (secondary N) is 3. The summed E-state index contributed by atoms with van der Waals surface area (Å²) >= 11 is 0. The van der Waals surface area contributed by atoms with Crippen molar-refractivity contribution in [1.29, 1.82) is 5.41 Å². The molecular formula is C12H18N4. The lowest BCUT2D eigenvalue weighted by atomic mass is 10.1. The minimum Gasteiger partial charge on any atom is -0.369 e. The van der Waals surface area contributed by atoms with E-state index in [0.717, 1.165) is 13.0 Å². The summed E-state index contributed by atoms with van der Waals surface area (Å²) in [6.07, 6.45) is 1.05. The van der Waals surface area contributed by atoms with Gasteiger partial charge in [0.15, 0.2) is 5.96 Å². The normalized spacial score (nSPS) is 18.1. The van der Waals surface area contributed by atoms with Crippen molar-refractivity contribution in [2.75, 3.05) is 25.5 Å². The second-order valence-electron chi connectivity index (χ2n) is 4.10. The maximum Gasteiger partial charge on any atom is 0.188 e. The molecule has 0 amide bonds. The van der Waals surface area contributed by atoms with Gasteiger partial charge < -0.3 is 15.5 Å². The molecule has 4 nitrogen and oxygen atoms in total. The monoisotopic (exact) mass is 218 g/mol. The number of likely N-dealkylation sites (N-methyl/N-ethyl adjacent to an activating group) is 1. The number of hydrogen-bond donors (Lipinski definition) is 3. The Morgan fingerprint density at radius 3 is 2.94 bits per heavy atom. The molecule has 1 heterocycles. The van der Waals surface area contributed by atoms with Crippen molar-refractivity contribution in [2.24, 2.45) is 0 Å². The molecule has 0 fully saturated rings. The van der Waals surface area contributed by atoms with Gasteiger partial charge in [-0.05, 0) is 18.1 Å². The molecule has 1 atom stereocenters. The summed E-state index contributed by atoms with van der Waals surface area (Å²) in [4.78, 5) is 2.28. The van der Waals surface area contributed by atoms with E-state index < -0.39 is 0 Å². The smallest absolute Gasteiger partial charge is 0.188 e. The Morgan fingerprint density at radius 1 is 1.50 bits per heavy atom. The van der Waals surface area contributed by atoms with Gasteiger partial charge in [0.05, 0.1) is 6.04 Å². The van der Waals surface area contributed by atoms with Crippen molar-refractivity contribution in [1.82, 2.24) is 10.6 Å². The molecule has 0 aromatic heterocycles. The fraction of sp³-hybridized carbons (Fsp3) is 0.417. The van der Waals surface area contributed by atoms with Gasteiger partial charge in [-0.2, -0.15) is 0 Å². The summed E-state index contributed by atoms with van der Waals surface area (Å²) in [6, 6.07) is 8.92. The van der Waals surface area contributed by atoms with Crippen molar-refractivity contribution < 1.29 is 0 Å². The Labute approximate surface area is 96.2 Å². The second kappa shape index (κ2) is 4.43. The van der Waals surface area contributed by atoms with Crippen LogP contribution in [0.3, 0.4) is 0 Å². The average Bonchev–Trinajstić information content (AvgIpc) is 2.64. The fourth-order valence-electron chi connectivity index (χ4n) is 2.13. The van der Waals surface area contributed by atoms with Crippen molar-refractivity contribution in [2.45, 2.75) is 12.5 Å². The second-order valence-corrected chi connectivity index (χ2v) is 4.10. The van der Waals surface area contributed by atoms with Crippen molar-refractivity contribution in [3.8, 4) is 0 Å². The number of hydrogen-bond acceptors (Lipinski definition) is 2. The van der Waals surface area contributed by atoms with E-state index in [1.54, 1.807) is 7.05 Å². The van der Waals surface area contributed by atoms with Gasteiger partial charge in [0.25, 0.3) is 0 Å². The van der Waals surface area contributed by atoms with Crippen LogP contribution in [-0.4, -0.2) is 32.6 Å². The van der Waals surface area contributed by atoms with Gasteiger partial charge >= 0.3 is 0 Å². The van der Waals surface area contributed by atoms with Crippen molar-refractivity contribution in [3.63, 3.8) is 0 Å². The number of rotatable bonds is 2. The molecule has 1 aliphatic heterocycles. The minimum atomic E-state index is 0.379. The first-order chi connectivity index (χ1) is 7.72. The molecule has 0 bridgehead atoms. The third-order valence-electron chi connectivity index (χ3n) is 3.14. The van der Waals surface area contributed by atoms with Crippen molar-refractivity contribution >= 4 is 11.6 Å². The number of para-hydroxylation sites is 1. The van der Waals surface area contributed by atoms with Crippen LogP contribution in [0.5, 0.6) is 0 Å². The predicted molar refractivity (Wildman–Crippen MR) is 67.1 cm³/mol. The first-order valence-electron chi connectivity index (χ1n) is 5.53. The highest BCUT2D eigenvalue weighted by atomic mass is 15.2. The number of guanidine groups is 1. The van der Waals surface area contributed by atoms with E-state index in [9.17, 15) is 0 Å². The van der Waals surface area contributed by atoms with Crippen LogP contribution in [0.2, 0.25) is 0 Å². The Bertz CT molecular complexity index is 388. The molecule has 0 radical (unpaired) electrons. The molecule has 1 aromatic rings. The zero-order valence-electron chi connectivity index (χ0n) is 9.75. The van der Waals surface area contributed by atoms with E-state index >= 15 is 0 Å². The highest BCUT2D eigenvalue weighted by molar-refractivity contribution is 5.76. The molecule has 0 saturated heterocycles. The van der Waals surface area contributed by atoms with Gasteiger partial charge in [-0.1, -0.05) is 18.2 Å².